The van der Waals surface area contributed by atoms with Crippen molar-refractivity contribution in [3.8, 4) is 5.69 Å². The van der Waals surface area contributed by atoms with Crippen molar-refractivity contribution in [2.75, 3.05) is 18.4 Å². The lowest BCUT2D eigenvalue weighted by Crippen LogP contribution is -2.29. The van der Waals surface area contributed by atoms with Gasteiger partial charge >= 0.3 is 0 Å². The summed E-state index contributed by atoms with van der Waals surface area (Å²) in [6, 6.07) is 11.6. The van der Waals surface area contributed by atoms with Gasteiger partial charge in [-0.1, -0.05) is 17.7 Å². The fourth-order valence-electron chi connectivity index (χ4n) is 3.68. The van der Waals surface area contributed by atoms with Gasteiger partial charge in [-0.2, -0.15) is 5.10 Å². The number of nitrogens with zero attached hydrogens (tertiary/aromatic N) is 2. The van der Waals surface area contributed by atoms with Gasteiger partial charge in [0.2, 0.25) is 0 Å². The van der Waals surface area contributed by atoms with Crippen LogP contribution in [0.2, 0.25) is 5.02 Å². The average Bonchev–Trinajstić information content (AvgIpc) is 3.17. The summed E-state index contributed by atoms with van der Waals surface area (Å²) < 4.78 is 15.1. The number of piperidine rings is 1. The number of carbonyl (C=O) groups is 1. The van der Waals surface area contributed by atoms with Crippen molar-refractivity contribution >= 4 is 35.6 Å². The van der Waals surface area contributed by atoms with E-state index in [1.165, 1.54) is 12.1 Å². The van der Waals surface area contributed by atoms with Crippen molar-refractivity contribution in [3.63, 3.8) is 0 Å². The average molecular weight is 449 g/mol. The summed E-state index contributed by atoms with van der Waals surface area (Å²) >= 11 is 6.19. The Hall–Kier alpha value is -2.41. The van der Waals surface area contributed by atoms with Crippen LogP contribution in [0.15, 0.2) is 48.7 Å². The van der Waals surface area contributed by atoms with Gasteiger partial charge in [-0.05, 0) is 74.8 Å². The van der Waals surface area contributed by atoms with E-state index in [1.807, 2.05) is 19.1 Å². The van der Waals surface area contributed by atoms with Gasteiger partial charge in [-0.15, -0.1) is 12.4 Å². The van der Waals surface area contributed by atoms with Gasteiger partial charge in [0, 0.05) is 16.6 Å². The van der Waals surface area contributed by atoms with E-state index in [-0.39, 0.29) is 30.0 Å². The smallest absolute Gasteiger partial charge is 0.259 e. The molecule has 0 saturated carbocycles. The van der Waals surface area contributed by atoms with E-state index < -0.39 is 0 Å². The van der Waals surface area contributed by atoms with Gasteiger partial charge in [0.15, 0.2) is 0 Å². The Morgan fingerprint density at radius 3 is 2.57 bits per heavy atom. The van der Waals surface area contributed by atoms with Crippen molar-refractivity contribution in [1.29, 1.82) is 0 Å². The molecule has 1 amide bonds. The third kappa shape index (κ3) is 4.67. The molecule has 4 rings (SSSR count). The fraction of sp³-hybridized carbons (Fsp3) is 0.273. The van der Waals surface area contributed by atoms with E-state index in [4.69, 9.17) is 11.6 Å². The van der Waals surface area contributed by atoms with Gasteiger partial charge in [-0.3, -0.25) is 4.79 Å². The maximum Gasteiger partial charge on any atom is 0.259 e. The molecular formula is C22H23Cl2FN4O. The summed E-state index contributed by atoms with van der Waals surface area (Å²) in [5.74, 6) is -0.350. The van der Waals surface area contributed by atoms with Crippen molar-refractivity contribution in [1.82, 2.24) is 15.1 Å². The van der Waals surface area contributed by atoms with Gasteiger partial charge in [-0.25, -0.2) is 9.07 Å². The van der Waals surface area contributed by atoms with Crippen LogP contribution >= 0.6 is 24.0 Å². The highest BCUT2D eigenvalue weighted by Crippen LogP contribution is 2.31. The molecule has 0 spiro atoms. The zero-order valence-corrected chi connectivity index (χ0v) is 18.1. The van der Waals surface area contributed by atoms with Crippen LogP contribution in [0.1, 0.15) is 40.4 Å². The molecule has 2 heterocycles. The number of hydrogen-bond donors (Lipinski definition) is 2. The summed E-state index contributed by atoms with van der Waals surface area (Å²) in [5.41, 5.74) is 3.70. The second kappa shape index (κ2) is 9.60. The quantitative estimate of drug-likeness (QED) is 0.582. The van der Waals surface area contributed by atoms with Crippen molar-refractivity contribution in [3.05, 3.63) is 76.3 Å². The Morgan fingerprint density at radius 1 is 1.20 bits per heavy atom. The molecule has 1 aliphatic rings. The first-order chi connectivity index (χ1) is 14.0. The van der Waals surface area contributed by atoms with Gasteiger partial charge in [0.05, 0.1) is 23.1 Å². The predicted molar refractivity (Wildman–Crippen MR) is 120 cm³/mol. The van der Waals surface area contributed by atoms with E-state index in [2.05, 4.69) is 15.7 Å². The molecular weight excluding hydrogens is 426 g/mol. The third-order valence-electron chi connectivity index (χ3n) is 5.28. The monoisotopic (exact) mass is 448 g/mol. The molecule has 30 heavy (non-hydrogen) atoms. The summed E-state index contributed by atoms with van der Waals surface area (Å²) in [5, 5.41) is 11.3. The predicted octanol–water partition coefficient (Wildman–Crippen LogP) is 5.11. The number of benzene rings is 2. The summed E-state index contributed by atoms with van der Waals surface area (Å²) in [6.07, 6.45) is 3.40. The first-order valence-corrected chi connectivity index (χ1v) is 10.0. The highest BCUT2D eigenvalue weighted by Gasteiger charge is 2.27. The van der Waals surface area contributed by atoms with Gasteiger partial charge in [0.25, 0.3) is 5.91 Å². The zero-order chi connectivity index (χ0) is 20.4. The van der Waals surface area contributed by atoms with Crippen LogP contribution in [-0.4, -0.2) is 28.8 Å². The molecule has 0 radical (unpaired) electrons. The first kappa shape index (κ1) is 22.3. The van der Waals surface area contributed by atoms with Crippen molar-refractivity contribution in [2.24, 2.45) is 0 Å². The Balaban J connectivity index is 0.00000256. The van der Waals surface area contributed by atoms with E-state index in [9.17, 15) is 9.18 Å². The molecule has 0 aliphatic carbocycles. The number of aromatic nitrogens is 2. The fourth-order valence-corrected chi connectivity index (χ4v) is 3.86. The minimum absolute atomic E-state index is 0. The minimum atomic E-state index is -0.307. The molecule has 5 nitrogen and oxygen atoms in total. The second-order valence-electron chi connectivity index (χ2n) is 7.27. The summed E-state index contributed by atoms with van der Waals surface area (Å²) in [7, 11) is 0. The lowest BCUT2D eigenvalue weighted by Gasteiger charge is -2.24. The van der Waals surface area contributed by atoms with Crippen LogP contribution in [0.5, 0.6) is 0 Å². The number of anilines is 1. The molecule has 2 N–H and O–H groups in total. The number of carbonyl (C=O) groups excluding carboxylic acids is 1. The Kier molecular flexibility index (Phi) is 7.13. The van der Waals surface area contributed by atoms with Crippen molar-refractivity contribution < 1.29 is 9.18 Å². The topological polar surface area (TPSA) is 59.0 Å². The Bertz CT molecular complexity index is 1030. The Morgan fingerprint density at radius 2 is 1.90 bits per heavy atom. The van der Waals surface area contributed by atoms with Crippen LogP contribution < -0.4 is 10.6 Å². The molecule has 0 atom stereocenters. The first-order valence-electron chi connectivity index (χ1n) is 9.65. The van der Waals surface area contributed by atoms with Gasteiger partial charge in [0.1, 0.15) is 5.82 Å². The van der Waals surface area contributed by atoms with Crippen LogP contribution in [0, 0.1) is 12.7 Å². The molecule has 1 aromatic heterocycles. The summed E-state index contributed by atoms with van der Waals surface area (Å²) in [6.45, 7) is 3.68. The zero-order valence-electron chi connectivity index (χ0n) is 16.5. The maximum absolute atomic E-state index is 13.4. The molecule has 1 fully saturated rings. The number of hydrogen-bond acceptors (Lipinski definition) is 3. The third-order valence-corrected chi connectivity index (χ3v) is 5.69. The van der Waals surface area contributed by atoms with E-state index in [0.29, 0.717) is 16.3 Å². The molecule has 0 unspecified atom stereocenters. The van der Waals surface area contributed by atoms with Gasteiger partial charge < -0.3 is 10.6 Å². The molecule has 2 aromatic carbocycles. The van der Waals surface area contributed by atoms with Crippen LogP contribution in [0.3, 0.4) is 0 Å². The second-order valence-corrected chi connectivity index (χ2v) is 7.68. The van der Waals surface area contributed by atoms with E-state index >= 15 is 0 Å². The molecule has 1 aliphatic heterocycles. The minimum Gasteiger partial charge on any atom is -0.322 e. The maximum atomic E-state index is 13.4. The van der Waals surface area contributed by atoms with E-state index in [1.54, 1.807) is 29.1 Å². The lowest BCUT2D eigenvalue weighted by molar-refractivity contribution is 0.102. The number of amides is 1. The molecule has 3 aromatic rings. The lowest BCUT2D eigenvalue weighted by atomic mass is 9.91. The molecule has 0 bridgehead atoms. The molecule has 1 saturated heterocycles. The SMILES string of the molecule is Cc1ccc(NC(=O)c2cnn(-c3ccc(F)cc3)c2C2CCNCC2)cc1Cl.Cl. The van der Waals surface area contributed by atoms with E-state index in [0.717, 1.165) is 42.9 Å². The number of rotatable bonds is 4. The molecule has 8 heteroatoms. The standard InChI is InChI=1S/C22H22ClFN4O.ClH/c1-14-2-5-17(12-20(14)23)27-22(29)19-13-26-28(18-6-3-16(24)4-7-18)21(19)15-8-10-25-11-9-15;/h2-7,12-13,15,25H,8-11H2,1H3,(H,27,29);1H. The van der Waals surface area contributed by atoms with Crippen LogP contribution in [0.4, 0.5) is 10.1 Å². The van der Waals surface area contributed by atoms with Crippen LogP contribution in [0.25, 0.3) is 5.69 Å². The Labute approximate surface area is 186 Å². The normalized spacial score (nSPS) is 14.2. The number of nitrogens with one attached hydrogen (secondary N) is 2. The number of halogens is 3. The van der Waals surface area contributed by atoms with Crippen molar-refractivity contribution in [2.45, 2.75) is 25.7 Å². The summed E-state index contributed by atoms with van der Waals surface area (Å²) in [4.78, 5) is 13.1. The van der Waals surface area contributed by atoms with Crippen LogP contribution in [-0.2, 0) is 0 Å². The number of aryl methyl sites for hydroxylation is 1. The highest BCUT2D eigenvalue weighted by molar-refractivity contribution is 6.31. The largest absolute Gasteiger partial charge is 0.322 e. The highest BCUT2D eigenvalue weighted by atomic mass is 35.5. The molecule has 158 valence electrons.